The Morgan fingerprint density at radius 3 is 2.54 bits per heavy atom. The van der Waals surface area contributed by atoms with Gasteiger partial charge < -0.3 is 15.2 Å². The molecule has 3 aromatic rings. The predicted octanol–water partition coefficient (Wildman–Crippen LogP) is 4.00. The molecule has 0 aliphatic carbocycles. The fraction of sp³-hybridized carbons (Fsp3) is 0.182. The highest BCUT2D eigenvalue weighted by molar-refractivity contribution is 5.71. The number of H-pyrrole nitrogens is 1. The maximum absolute atomic E-state index is 9.75. The summed E-state index contributed by atoms with van der Waals surface area (Å²) < 4.78 is 11.2. The summed E-state index contributed by atoms with van der Waals surface area (Å²) in [6.07, 6.45) is 0. The number of benzene rings is 2. The quantitative estimate of drug-likeness (QED) is 0.721. The standard InChI is InChI=1S/C22H20N4O2/c1-3-27-16-10-8-15(9-11-16)20-19-18(14-6-4-13(2)5-7-14)17(12-23)21(24)28-22(19)26-25-20/h4-11,18H,3,24H2,1-2H3,(H,25,26)/t18-/m0/s1. The van der Waals surface area contributed by atoms with E-state index >= 15 is 0 Å². The number of ether oxygens (including phenoxy) is 2. The van der Waals surface area contributed by atoms with Gasteiger partial charge in [-0.05, 0) is 43.7 Å². The van der Waals surface area contributed by atoms with E-state index in [1.807, 2.05) is 62.4 Å². The van der Waals surface area contributed by atoms with Crippen LogP contribution in [-0.4, -0.2) is 16.8 Å². The number of aromatic amines is 1. The number of aromatic nitrogens is 2. The van der Waals surface area contributed by atoms with E-state index in [0.29, 0.717) is 18.1 Å². The number of allylic oxidation sites excluding steroid dienone is 1. The molecule has 6 nitrogen and oxygen atoms in total. The zero-order valence-electron chi connectivity index (χ0n) is 15.7. The average Bonchev–Trinajstić information content (AvgIpc) is 3.12. The van der Waals surface area contributed by atoms with Crippen LogP contribution in [0.15, 0.2) is 60.0 Å². The van der Waals surface area contributed by atoms with Crippen LogP contribution >= 0.6 is 0 Å². The molecule has 0 radical (unpaired) electrons. The summed E-state index contributed by atoms with van der Waals surface area (Å²) in [7, 11) is 0. The molecule has 0 spiro atoms. The summed E-state index contributed by atoms with van der Waals surface area (Å²) in [6, 6.07) is 18.0. The first-order valence-corrected chi connectivity index (χ1v) is 9.08. The van der Waals surface area contributed by atoms with Crippen LogP contribution in [0.1, 0.15) is 29.5 Å². The van der Waals surface area contributed by atoms with Gasteiger partial charge in [-0.15, -0.1) is 5.10 Å². The third kappa shape index (κ3) is 2.97. The minimum atomic E-state index is -0.352. The van der Waals surface area contributed by atoms with E-state index in [9.17, 15) is 5.26 Å². The molecule has 2 heterocycles. The SMILES string of the molecule is CCOc1ccc(-c2[nH]nc3c2[C@@H](c2ccc(C)cc2)C(C#N)=C(N)O3)cc1. The number of nitrogens with two attached hydrogens (primary N) is 1. The molecular weight excluding hydrogens is 352 g/mol. The first-order valence-electron chi connectivity index (χ1n) is 9.08. The summed E-state index contributed by atoms with van der Waals surface area (Å²) >= 11 is 0. The number of rotatable bonds is 4. The van der Waals surface area contributed by atoms with E-state index in [2.05, 4.69) is 16.3 Å². The monoisotopic (exact) mass is 372 g/mol. The lowest BCUT2D eigenvalue weighted by Gasteiger charge is -2.24. The number of hydrogen-bond acceptors (Lipinski definition) is 5. The normalized spacial score (nSPS) is 15.5. The molecule has 0 bridgehead atoms. The first kappa shape index (κ1) is 17.7. The van der Waals surface area contributed by atoms with Crippen molar-refractivity contribution in [2.24, 2.45) is 5.73 Å². The van der Waals surface area contributed by atoms with Crippen molar-refractivity contribution in [1.82, 2.24) is 10.2 Å². The Hall–Kier alpha value is -3.72. The molecule has 1 aliphatic heterocycles. The smallest absolute Gasteiger partial charge is 0.244 e. The number of nitriles is 1. The number of aryl methyl sites for hydroxylation is 1. The van der Waals surface area contributed by atoms with Crippen LogP contribution in [0.5, 0.6) is 11.6 Å². The molecule has 1 aliphatic rings. The molecular formula is C22H20N4O2. The Balaban J connectivity index is 1.85. The molecule has 6 heteroatoms. The van der Waals surface area contributed by atoms with Gasteiger partial charge in [-0.2, -0.15) is 5.26 Å². The average molecular weight is 372 g/mol. The number of hydrogen-bond donors (Lipinski definition) is 2. The van der Waals surface area contributed by atoms with Gasteiger partial charge in [-0.3, -0.25) is 5.10 Å². The lowest BCUT2D eigenvalue weighted by atomic mass is 9.83. The molecule has 140 valence electrons. The lowest BCUT2D eigenvalue weighted by molar-refractivity contribution is 0.340. The maximum Gasteiger partial charge on any atom is 0.244 e. The molecule has 0 amide bonds. The van der Waals surface area contributed by atoms with Gasteiger partial charge in [-0.1, -0.05) is 29.8 Å². The van der Waals surface area contributed by atoms with Crippen molar-refractivity contribution >= 4 is 0 Å². The number of fused-ring (bicyclic) bond motifs is 1. The van der Waals surface area contributed by atoms with Crippen LogP contribution < -0.4 is 15.2 Å². The third-order valence-electron chi connectivity index (χ3n) is 4.80. The van der Waals surface area contributed by atoms with Gasteiger partial charge in [-0.25, -0.2) is 0 Å². The summed E-state index contributed by atoms with van der Waals surface area (Å²) in [4.78, 5) is 0. The van der Waals surface area contributed by atoms with Crippen molar-refractivity contribution < 1.29 is 9.47 Å². The van der Waals surface area contributed by atoms with E-state index in [4.69, 9.17) is 15.2 Å². The molecule has 3 N–H and O–H groups in total. The highest BCUT2D eigenvalue weighted by atomic mass is 16.5. The highest BCUT2D eigenvalue weighted by Crippen LogP contribution is 2.45. The van der Waals surface area contributed by atoms with Crippen LogP contribution in [0.3, 0.4) is 0 Å². The van der Waals surface area contributed by atoms with E-state index in [1.165, 1.54) is 0 Å². The lowest BCUT2D eigenvalue weighted by Crippen LogP contribution is -2.21. The summed E-state index contributed by atoms with van der Waals surface area (Å²) in [5, 5.41) is 17.1. The Kier molecular flexibility index (Phi) is 4.50. The van der Waals surface area contributed by atoms with Gasteiger partial charge >= 0.3 is 0 Å². The predicted molar refractivity (Wildman–Crippen MR) is 106 cm³/mol. The zero-order valence-corrected chi connectivity index (χ0v) is 15.7. The summed E-state index contributed by atoms with van der Waals surface area (Å²) in [6.45, 7) is 4.58. The summed E-state index contributed by atoms with van der Waals surface area (Å²) in [5.41, 5.74) is 11.0. The van der Waals surface area contributed by atoms with Crippen molar-refractivity contribution in [1.29, 1.82) is 5.26 Å². The van der Waals surface area contributed by atoms with Gasteiger partial charge in [0.25, 0.3) is 0 Å². The van der Waals surface area contributed by atoms with Crippen LogP contribution in [0, 0.1) is 18.3 Å². The van der Waals surface area contributed by atoms with Gasteiger partial charge in [0.05, 0.1) is 23.8 Å². The van der Waals surface area contributed by atoms with E-state index in [1.54, 1.807) is 0 Å². The third-order valence-corrected chi connectivity index (χ3v) is 4.80. The minimum Gasteiger partial charge on any atom is -0.494 e. The molecule has 0 fully saturated rings. The Bertz CT molecular complexity index is 1070. The summed E-state index contributed by atoms with van der Waals surface area (Å²) in [5.74, 6) is 0.929. The molecule has 0 unspecified atom stereocenters. The van der Waals surface area contributed by atoms with Crippen LogP contribution in [0.2, 0.25) is 0 Å². The van der Waals surface area contributed by atoms with Crippen molar-refractivity contribution in [2.45, 2.75) is 19.8 Å². The fourth-order valence-electron chi connectivity index (χ4n) is 3.44. The van der Waals surface area contributed by atoms with E-state index in [-0.39, 0.29) is 11.8 Å². The van der Waals surface area contributed by atoms with Gasteiger partial charge in [0.2, 0.25) is 11.8 Å². The minimum absolute atomic E-state index is 0.0883. The van der Waals surface area contributed by atoms with Crippen molar-refractivity contribution in [3.8, 4) is 29.0 Å². The molecule has 2 aromatic carbocycles. The number of nitrogens with one attached hydrogen (secondary N) is 1. The fourth-order valence-corrected chi connectivity index (χ4v) is 3.44. The van der Waals surface area contributed by atoms with Crippen molar-refractivity contribution in [3.63, 3.8) is 0 Å². The largest absolute Gasteiger partial charge is 0.494 e. The molecule has 1 aromatic heterocycles. The Morgan fingerprint density at radius 2 is 1.89 bits per heavy atom. The second-order valence-corrected chi connectivity index (χ2v) is 6.61. The van der Waals surface area contributed by atoms with E-state index in [0.717, 1.165) is 33.7 Å². The van der Waals surface area contributed by atoms with Gasteiger partial charge in [0.15, 0.2) is 0 Å². The Morgan fingerprint density at radius 1 is 1.18 bits per heavy atom. The molecule has 0 saturated carbocycles. The van der Waals surface area contributed by atoms with Crippen LogP contribution in [-0.2, 0) is 0 Å². The van der Waals surface area contributed by atoms with Crippen molar-refractivity contribution in [3.05, 3.63) is 76.7 Å². The topological polar surface area (TPSA) is 97.0 Å². The second kappa shape index (κ2) is 7.12. The second-order valence-electron chi connectivity index (χ2n) is 6.61. The highest BCUT2D eigenvalue weighted by Gasteiger charge is 2.35. The molecule has 0 saturated heterocycles. The maximum atomic E-state index is 9.75. The van der Waals surface area contributed by atoms with Crippen LogP contribution in [0.4, 0.5) is 0 Å². The molecule has 28 heavy (non-hydrogen) atoms. The number of nitrogens with zero attached hydrogens (tertiary/aromatic N) is 2. The Labute approximate surface area is 163 Å². The van der Waals surface area contributed by atoms with Crippen molar-refractivity contribution in [2.75, 3.05) is 6.61 Å². The van der Waals surface area contributed by atoms with Crippen LogP contribution in [0.25, 0.3) is 11.3 Å². The first-order chi connectivity index (χ1) is 13.6. The van der Waals surface area contributed by atoms with Gasteiger partial charge in [0, 0.05) is 5.56 Å². The molecule has 1 atom stereocenters. The van der Waals surface area contributed by atoms with Gasteiger partial charge in [0.1, 0.15) is 17.4 Å². The zero-order chi connectivity index (χ0) is 19.7. The molecule has 4 rings (SSSR count). The van der Waals surface area contributed by atoms with E-state index < -0.39 is 0 Å².